The van der Waals surface area contributed by atoms with Gasteiger partial charge in [-0.1, -0.05) is 20.3 Å². The second kappa shape index (κ2) is 6.34. The molecule has 3 fully saturated rings. The van der Waals surface area contributed by atoms with Gasteiger partial charge in [-0.3, -0.25) is 9.59 Å². The van der Waals surface area contributed by atoms with E-state index in [9.17, 15) is 14.9 Å². The van der Waals surface area contributed by atoms with Crippen molar-refractivity contribution in [2.24, 2.45) is 28.6 Å². The van der Waals surface area contributed by atoms with Gasteiger partial charge in [0.2, 0.25) is 11.8 Å². The predicted octanol–water partition coefficient (Wildman–Crippen LogP) is 3.46. The highest BCUT2D eigenvalue weighted by atomic mass is 16.2. The molecule has 0 radical (unpaired) electrons. The van der Waals surface area contributed by atoms with Gasteiger partial charge >= 0.3 is 0 Å². The van der Waals surface area contributed by atoms with Crippen molar-refractivity contribution in [3.63, 3.8) is 0 Å². The molecular weight excluding hydrogens is 350 g/mol. The predicted molar refractivity (Wildman–Crippen MR) is 107 cm³/mol. The van der Waals surface area contributed by atoms with E-state index in [1.165, 1.54) is 31.8 Å². The highest BCUT2D eigenvalue weighted by Crippen LogP contribution is 2.64. The van der Waals surface area contributed by atoms with Crippen LogP contribution in [0.1, 0.15) is 72.6 Å². The Hall–Kier alpha value is -1.83. The van der Waals surface area contributed by atoms with Gasteiger partial charge in [-0.15, -0.1) is 0 Å². The zero-order chi connectivity index (χ0) is 20.3. The Balaban J connectivity index is 1.71. The van der Waals surface area contributed by atoms with Gasteiger partial charge in [0.1, 0.15) is 5.54 Å². The van der Waals surface area contributed by atoms with Crippen LogP contribution in [0.3, 0.4) is 0 Å². The minimum Gasteiger partial charge on any atom is -0.349 e. The molecule has 28 heavy (non-hydrogen) atoms. The highest BCUT2D eigenvalue weighted by molar-refractivity contribution is 6.04. The molecule has 4 rings (SSSR count). The van der Waals surface area contributed by atoms with E-state index < -0.39 is 5.54 Å². The van der Waals surface area contributed by atoms with E-state index in [0.717, 1.165) is 25.2 Å². The van der Waals surface area contributed by atoms with E-state index in [4.69, 9.17) is 0 Å². The molecule has 0 aromatic carbocycles. The SMILES string of the molecule is CC(C)(C#N)NC(=O)C1=CC(=O)N[C@@H]2CC[C@H]3[C@@H]4CCC[C@@]4(C)CC[C@@H]3[C@@]12C. The monoisotopic (exact) mass is 383 g/mol. The molecule has 6 atom stereocenters. The van der Waals surface area contributed by atoms with Crippen molar-refractivity contribution in [3.8, 4) is 6.07 Å². The van der Waals surface area contributed by atoms with E-state index in [1.807, 2.05) is 0 Å². The molecule has 2 amide bonds. The molecule has 0 bridgehead atoms. The highest BCUT2D eigenvalue weighted by Gasteiger charge is 2.60. The minimum absolute atomic E-state index is 0.00274. The van der Waals surface area contributed by atoms with E-state index in [0.29, 0.717) is 22.8 Å². The van der Waals surface area contributed by atoms with Gasteiger partial charge in [-0.2, -0.15) is 5.26 Å². The van der Waals surface area contributed by atoms with E-state index in [2.05, 4.69) is 30.6 Å². The lowest BCUT2D eigenvalue weighted by Crippen LogP contribution is -2.63. The third kappa shape index (κ3) is 2.79. The maximum atomic E-state index is 13.2. The molecule has 3 saturated carbocycles. The van der Waals surface area contributed by atoms with Crippen LogP contribution in [-0.4, -0.2) is 23.4 Å². The first-order chi connectivity index (χ1) is 13.1. The van der Waals surface area contributed by atoms with Crippen molar-refractivity contribution >= 4 is 11.8 Å². The van der Waals surface area contributed by atoms with Gasteiger partial charge in [0, 0.05) is 23.1 Å². The van der Waals surface area contributed by atoms with Crippen LogP contribution in [0.25, 0.3) is 0 Å². The first kappa shape index (κ1) is 19.5. The number of nitrogens with one attached hydrogen (secondary N) is 2. The third-order valence-electron chi connectivity index (χ3n) is 8.62. The molecule has 1 heterocycles. The van der Waals surface area contributed by atoms with Gasteiger partial charge < -0.3 is 10.6 Å². The summed E-state index contributed by atoms with van der Waals surface area (Å²) in [6.45, 7) is 8.05. The maximum absolute atomic E-state index is 13.2. The van der Waals surface area contributed by atoms with Gasteiger partial charge in [-0.05, 0) is 75.5 Å². The Kier molecular flexibility index (Phi) is 4.41. The number of rotatable bonds is 2. The van der Waals surface area contributed by atoms with Gasteiger partial charge in [0.05, 0.1) is 6.07 Å². The van der Waals surface area contributed by atoms with E-state index in [-0.39, 0.29) is 23.3 Å². The summed E-state index contributed by atoms with van der Waals surface area (Å²) in [7, 11) is 0. The normalized spacial score (nSPS) is 42.2. The van der Waals surface area contributed by atoms with Gasteiger partial charge in [-0.25, -0.2) is 0 Å². The van der Waals surface area contributed by atoms with Crippen molar-refractivity contribution in [2.75, 3.05) is 0 Å². The van der Waals surface area contributed by atoms with Crippen molar-refractivity contribution in [1.82, 2.24) is 10.6 Å². The van der Waals surface area contributed by atoms with Crippen LogP contribution < -0.4 is 10.6 Å². The zero-order valence-electron chi connectivity index (χ0n) is 17.6. The largest absolute Gasteiger partial charge is 0.349 e. The third-order valence-corrected chi connectivity index (χ3v) is 8.62. The van der Waals surface area contributed by atoms with Crippen LogP contribution in [-0.2, 0) is 9.59 Å². The first-order valence-electron chi connectivity index (χ1n) is 10.9. The van der Waals surface area contributed by atoms with Crippen LogP contribution in [0, 0.1) is 39.9 Å². The topological polar surface area (TPSA) is 82.0 Å². The quantitative estimate of drug-likeness (QED) is 0.766. The summed E-state index contributed by atoms with van der Waals surface area (Å²) in [5.41, 5.74) is -0.281. The summed E-state index contributed by atoms with van der Waals surface area (Å²) in [5, 5.41) is 15.4. The van der Waals surface area contributed by atoms with Crippen LogP contribution in [0.4, 0.5) is 0 Å². The molecule has 5 heteroatoms. The second-order valence-corrected chi connectivity index (χ2v) is 10.6. The Morgan fingerprint density at radius 2 is 1.96 bits per heavy atom. The van der Waals surface area contributed by atoms with Crippen molar-refractivity contribution < 1.29 is 9.59 Å². The fraction of sp³-hybridized carbons (Fsp3) is 0.783. The molecular formula is C23H33N3O2. The molecule has 2 N–H and O–H groups in total. The number of hydrogen-bond acceptors (Lipinski definition) is 3. The van der Waals surface area contributed by atoms with E-state index >= 15 is 0 Å². The number of fused-ring (bicyclic) bond motifs is 5. The Labute approximate surface area is 168 Å². The van der Waals surface area contributed by atoms with Gasteiger partial charge in [0.25, 0.3) is 0 Å². The van der Waals surface area contributed by atoms with Crippen molar-refractivity contribution in [2.45, 2.75) is 84.2 Å². The lowest BCUT2D eigenvalue weighted by Gasteiger charge is -2.59. The molecule has 3 aliphatic carbocycles. The fourth-order valence-corrected chi connectivity index (χ4v) is 7.14. The molecule has 1 aliphatic heterocycles. The second-order valence-electron chi connectivity index (χ2n) is 10.6. The Morgan fingerprint density at radius 3 is 2.68 bits per heavy atom. The number of nitrogens with zero attached hydrogens (tertiary/aromatic N) is 1. The lowest BCUT2D eigenvalue weighted by atomic mass is 9.47. The van der Waals surface area contributed by atoms with Crippen LogP contribution >= 0.6 is 0 Å². The number of amides is 2. The summed E-state index contributed by atoms with van der Waals surface area (Å²) < 4.78 is 0. The molecule has 4 aliphatic rings. The molecule has 0 saturated heterocycles. The molecule has 0 unspecified atom stereocenters. The Bertz CT molecular complexity index is 779. The average molecular weight is 384 g/mol. The molecule has 0 spiro atoms. The minimum atomic E-state index is -0.956. The smallest absolute Gasteiger partial charge is 0.249 e. The Morgan fingerprint density at radius 1 is 1.21 bits per heavy atom. The molecule has 0 aromatic heterocycles. The average Bonchev–Trinajstić information content (AvgIpc) is 3.03. The van der Waals surface area contributed by atoms with Crippen LogP contribution in [0.2, 0.25) is 0 Å². The van der Waals surface area contributed by atoms with E-state index in [1.54, 1.807) is 13.8 Å². The standard InChI is InChI=1S/C23H33N3O2/c1-21(2,13-24)26-20(28)17-12-19(27)25-18-8-7-14-15-6-5-10-22(15,3)11-9-16(14)23(17,18)4/h12,14-16,18H,5-11H2,1-4H3,(H,25,27)(H,26,28)/t14-,15-,16-,18+,22-,23-/m0/s1. The lowest BCUT2D eigenvalue weighted by molar-refractivity contribution is -0.129. The summed E-state index contributed by atoms with van der Waals surface area (Å²) in [6, 6.07) is 2.14. The zero-order valence-corrected chi connectivity index (χ0v) is 17.6. The van der Waals surface area contributed by atoms with Crippen LogP contribution in [0.15, 0.2) is 11.6 Å². The number of nitriles is 1. The number of carbonyl (C=O) groups excluding carboxylic acids is 2. The van der Waals surface area contributed by atoms with Crippen molar-refractivity contribution in [3.05, 3.63) is 11.6 Å². The van der Waals surface area contributed by atoms with Crippen LogP contribution in [0.5, 0.6) is 0 Å². The number of carbonyl (C=O) groups is 2. The summed E-state index contributed by atoms with van der Waals surface area (Å²) in [4.78, 5) is 25.6. The molecule has 5 nitrogen and oxygen atoms in total. The van der Waals surface area contributed by atoms with Gasteiger partial charge in [0.15, 0.2) is 0 Å². The number of hydrogen-bond donors (Lipinski definition) is 2. The maximum Gasteiger partial charge on any atom is 0.249 e. The summed E-state index contributed by atoms with van der Waals surface area (Å²) in [6.07, 6.45) is 9.87. The van der Waals surface area contributed by atoms with Crippen molar-refractivity contribution in [1.29, 1.82) is 5.26 Å². The molecule has 0 aromatic rings. The summed E-state index contributed by atoms with van der Waals surface area (Å²) >= 11 is 0. The summed E-state index contributed by atoms with van der Waals surface area (Å²) in [5.74, 6) is 1.33. The first-order valence-corrected chi connectivity index (χ1v) is 10.9. The molecule has 152 valence electrons. The fourth-order valence-electron chi connectivity index (χ4n) is 7.14.